The molecule has 4 atom stereocenters. The van der Waals surface area contributed by atoms with Gasteiger partial charge in [0.2, 0.25) is 17.7 Å². The lowest BCUT2D eigenvalue weighted by molar-refractivity contribution is -0.195. The second kappa shape index (κ2) is 93.0. The molecule has 0 aromatic carbocycles. The molecule has 0 bridgehead atoms. The number of carbonyl (C=O) groups excluding carboxylic acids is 12. The molecule has 43 nitrogen and oxygen atoms in total. The standard InChI is InChI=1S/C14H28N4O4.C12H26N4O3.C11H23N3O2.C9H21N3O.C8H19N3.C6H7NO4.2C4H5NO3.C2H4O2.5CH4.HNS/c1-10(19)17-9-5-3-6-11(16)13(20)18-12(14(21)22)7-2-4-8-15;13-7-3-1-5-9(15)11(17)16-10(12(18)19)6-2-4-8-14;1-5-12-11(16-10(2)15)13-8-6-7-9-14(3)4;1-4-10-9(13)11-7-5-6-8-12(2)3;1-4-9-10-7-5-6-8-11(2)3;1-4(8)11-7-5(9)2-3-6(7)10;2*6-3-1-2-4(7)5(3)8;1-2(3)4;;;;;;1-2/h11-12H,2-9,15-16H2,1H3,(H,17,19)(H,18,20)(H,21,22);9-10H,1-8,13-15H2,(H,16,17)(H,18,19);5-9H2,1-4H3,(H,12,13);4-8H2,1-3H3,(H2,10,11,13);4-8H2,1-3H3;2-3H2,1H3;2*8H,1-2H2;1H3,(H,3,4);5*1H4;1H. The monoisotopic (exact) mass is 1740 g/mol. The van der Waals surface area contributed by atoms with Crippen LogP contribution in [-0.4, -0.2) is 302 Å². The third kappa shape index (κ3) is 94.5. The SMILES string of the molecule is C.C.C.C.C.CC(=O)NCCCCC(N)C(=O)NC(CCCCN)C(=O)O.CC(=O)O.CC(=O)ON1C(=O)CCC1=O.CCN=NCCCCN(C)C.CCNC(=NCCCCN(C)C)OC(C)=O.CCNC(=O)NCCCCN(C)C.N=S.NCCCCC(N)C(=O)NC(CCCCN)C(=O)O.O=C1CCC(=O)N1O.O=C1CCC(=O)N1O. The van der Waals surface area contributed by atoms with E-state index in [1.165, 1.54) is 20.3 Å². The number of hydroxylamine groups is 6. The third-order valence-corrected chi connectivity index (χ3v) is 14.2. The number of unbranched alkanes of at least 4 members (excludes halogenated alkanes) is 7. The lowest BCUT2D eigenvalue weighted by Gasteiger charge is -2.17. The highest BCUT2D eigenvalue weighted by Crippen LogP contribution is 2.12. The van der Waals surface area contributed by atoms with Crippen LogP contribution in [0.3, 0.4) is 0 Å². The molecule has 0 aliphatic carbocycles. The minimum atomic E-state index is -1.07. The molecule has 3 saturated heterocycles. The van der Waals surface area contributed by atoms with Crippen molar-refractivity contribution in [2.24, 2.45) is 43.9 Å². The van der Waals surface area contributed by atoms with Crippen molar-refractivity contribution in [2.45, 2.75) is 264 Å². The van der Waals surface area contributed by atoms with Gasteiger partial charge in [-0.05, 0) is 211 Å². The normalized spacial score (nSPS) is 13.0. The minimum Gasteiger partial charge on any atom is -0.481 e. The number of esters is 1. The number of azo groups is 1. The maximum Gasteiger partial charge on any atom is 0.330 e. The van der Waals surface area contributed by atoms with Gasteiger partial charge in [0, 0.05) is 111 Å². The van der Waals surface area contributed by atoms with Gasteiger partial charge in [0.25, 0.3) is 47.4 Å². The van der Waals surface area contributed by atoms with E-state index < -0.39 is 95.3 Å². The summed E-state index contributed by atoms with van der Waals surface area (Å²) in [6, 6.07) is -2.96. The Morgan fingerprint density at radius 1 is 0.462 bits per heavy atom. The summed E-state index contributed by atoms with van der Waals surface area (Å²) in [5.41, 5.74) is 27.5. The van der Waals surface area contributed by atoms with Gasteiger partial charge in [0.15, 0.2) is 0 Å². The number of imide groups is 3. The molecule has 22 N–H and O–H groups in total. The van der Waals surface area contributed by atoms with E-state index in [0.29, 0.717) is 102 Å². The Bertz CT molecular complexity index is 2680. The zero-order valence-corrected chi connectivity index (χ0v) is 70.3. The number of hydrogen-bond acceptors (Lipinski definition) is 32. The number of urea groups is 1. The Kier molecular flexibility index (Phi) is 106. The van der Waals surface area contributed by atoms with E-state index >= 15 is 0 Å². The number of aliphatic carboxylic acids is 3. The number of amidine groups is 1. The highest BCUT2D eigenvalue weighted by molar-refractivity contribution is 7.45. The number of carboxylic acid groups (broad SMARTS) is 3. The van der Waals surface area contributed by atoms with Crippen LogP contribution < -0.4 is 60.6 Å². The average Bonchev–Trinajstić information content (AvgIpc) is 1.77. The molecule has 0 radical (unpaired) electrons. The zero-order valence-electron chi connectivity index (χ0n) is 69.5. The number of nitrogens with one attached hydrogen (secondary N) is 7. The first-order valence-corrected chi connectivity index (χ1v) is 38.3. The largest absolute Gasteiger partial charge is 0.481 e. The molecular weight excluding hydrogens is 1580 g/mol. The van der Waals surface area contributed by atoms with E-state index in [9.17, 15) is 67.1 Å². The fraction of sp³-hybridized carbons (Fsp3) is 0.787. The first-order valence-electron chi connectivity index (χ1n) is 37.9. The second-order valence-electron chi connectivity index (χ2n) is 25.7. The number of ether oxygens (including phenoxy) is 1. The van der Waals surface area contributed by atoms with Crippen LogP contribution in [0.25, 0.3) is 0 Å². The summed E-state index contributed by atoms with van der Waals surface area (Å²) in [4.78, 5) is 175. The molecule has 119 heavy (non-hydrogen) atoms. The molecule has 11 amide bonds. The second-order valence-corrected chi connectivity index (χ2v) is 25.7. The number of carbonyl (C=O) groups is 15. The van der Waals surface area contributed by atoms with Crippen molar-refractivity contribution in [3.63, 3.8) is 0 Å². The van der Waals surface area contributed by atoms with Gasteiger partial charge in [-0.15, -0.1) is 5.06 Å². The summed E-state index contributed by atoms with van der Waals surface area (Å²) in [6.45, 7) is 20.8. The van der Waals surface area contributed by atoms with E-state index in [0.717, 1.165) is 117 Å². The number of amides is 11. The molecule has 0 aromatic rings. The van der Waals surface area contributed by atoms with Crippen LogP contribution in [0, 0.1) is 4.78 Å². The maximum atomic E-state index is 11.9. The minimum absolute atomic E-state index is 0. The van der Waals surface area contributed by atoms with Crippen LogP contribution in [0.5, 0.6) is 0 Å². The van der Waals surface area contributed by atoms with E-state index in [2.05, 4.69) is 107 Å². The molecule has 3 aliphatic heterocycles. The summed E-state index contributed by atoms with van der Waals surface area (Å²) in [5.74, 6) is -7.84. The van der Waals surface area contributed by atoms with Gasteiger partial charge in [-0.25, -0.2) is 29.0 Å². The molecule has 0 aromatic heterocycles. The quantitative estimate of drug-likeness (QED) is 0.00781. The Labute approximate surface area is 713 Å². The van der Waals surface area contributed by atoms with Crippen LogP contribution in [0.4, 0.5) is 4.79 Å². The Balaban J connectivity index is -0.000000110. The van der Waals surface area contributed by atoms with Crippen molar-refractivity contribution in [1.82, 2.24) is 61.8 Å². The topological polar surface area (TPSA) is 658 Å². The van der Waals surface area contributed by atoms with Gasteiger partial charge in [-0.2, -0.15) is 20.4 Å². The van der Waals surface area contributed by atoms with Crippen molar-refractivity contribution in [3.8, 4) is 0 Å². The third-order valence-electron chi connectivity index (χ3n) is 14.2. The molecule has 3 aliphatic rings. The number of nitrogens with two attached hydrogens (primary N) is 5. The van der Waals surface area contributed by atoms with Crippen LogP contribution in [-0.2, 0) is 89.1 Å². The Hall–Kier alpha value is -8.86. The number of hydrogen-bond donors (Lipinski definition) is 17. The predicted molar refractivity (Wildman–Crippen MR) is 460 cm³/mol. The molecule has 0 saturated carbocycles. The Morgan fingerprint density at radius 3 is 1.09 bits per heavy atom. The van der Waals surface area contributed by atoms with E-state index in [1.807, 2.05) is 34.9 Å². The summed E-state index contributed by atoms with van der Waals surface area (Å²) in [6.07, 6.45) is 14.9. The Morgan fingerprint density at radius 2 is 0.790 bits per heavy atom. The van der Waals surface area contributed by atoms with Gasteiger partial charge in [-0.3, -0.25) is 63.2 Å². The first kappa shape index (κ1) is 136. The summed E-state index contributed by atoms with van der Waals surface area (Å²) in [5, 5.41) is 67.0. The lowest BCUT2D eigenvalue weighted by Crippen LogP contribution is -2.48. The predicted octanol–water partition coefficient (Wildman–Crippen LogP) is 3.99. The first-order chi connectivity index (χ1) is 53.7. The van der Waals surface area contributed by atoms with Crippen molar-refractivity contribution in [3.05, 3.63) is 0 Å². The van der Waals surface area contributed by atoms with Crippen LogP contribution >= 0.6 is 0 Å². The fourth-order valence-electron chi connectivity index (χ4n) is 8.39. The smallest absolute Gasteiger partial charge is 0.330 e. The summed E-state index contributed by atoms with van der Waals surface area (Å²) in [7, 11) is 12.4. The van der Waals surface area contributed by atoms with E-state index in [1.54, 1.807) is 0 Å². The maximum absolute atomic E-state index is 11.9. The number of carboxylic acids is 3. The molecule has 3 fully saturated rings. The summed E-state index contributed by atoms with van der Waals surface area (Å²) < 4.78 is 10.2. The highest BCUT2D eigenvalue weighted by Gasteiger charge is 2.32. The lowest BCUT2D eigenvalue weighted by atomic mass is 10.1. The van der Waals surface area contributed by atoms with Gasteiger partial charge in [0.1, 0.15) is 12.1 Å². The molecule has 44 heteroatoms. The van der Waals surface area contributed by atoms with Crippen LogP contribution in [0.15, 0.2) is 15.2 Å². The molecule has 0 spiro atoms. The van der Waals surface area contributed by atoms with Gasteiger partial charge in [0.05, 0.1) is 25.2 Å². The molecule has 702 valence electrons. The zero-order chi connectivity index (χ0) is 89.0. The van der Waals surface area contributed by atoms with Crippen molar-refractivity contribution < 1.29 is 107 Å². The van der Waals surface area contributed by atoms with Crippen LogP contribution in [0.1, 0.15) is 240 Å². The van der Waals surface area contributed by atoms with Crippen molar-refractivity contribution in [1.29, 1.82) is 4.78 Å². The number of aliphatic imine (C=N–C) groups is 1. The van der Waals surface area contributed by atoms with Gasteiger partial charge in [-0.1, -0.05) is 43.6 Å². The van der Waals surface area contributed by atoms with Gasteiger partial charge >= 0.3 is 29.9 Å². The molecule has 3 heterocycles. The number of nitrogens with zero attached hydrogens (tertiary/aromatic N) is 9. The van der Waals surface area contributed by atoms with E-state index in [4.69, 9.17) is 68.7 Å². The van der Waals surface area contributed by atoms with Crippen molar-refractivity contribution in [2.75, 3.05) is 127 Å². The van der Waals surface area contributed by atoms with Crippen LogP contribution in [0.2, 0.25) is 0 Å². The fourth-order valence-corrected chi connectivity index (χ4v) is 8.39. The highest BCUT2D eigenvalue weighted by atomic mass is 32.1. The summed E-state index contributed by atoms with van der Waals surface area (Å²) >= 11 is 3.33. The van der Waals surface area contributed by atoms with E-state index in [-0.39, 0.29) is 104 Å². The molecule has 3 rings (SSSR count). The number of rotatable bonds is 42. The molecule has 4 unspecified atom stereocenters. The van der Waals surface area contributed by atoms with Gasteiger partial charge < -0.3 is 100 Å². The molecular formula is C75H159N21O22S. The average molecular weight is 1740 g/mol. The van der Waals surface area contributed by atoms with Crippen molar-refractivity contribution >= 4 is 107 Å².